The summed E-state index contributed by atoms with van der Waals surface area (Å²) >= 11 is 13.3. The van der Waals surface area contributed by atoms with Crippen LogP contribution in [0.2, 0.25) is 5.02 Å². The molecule has 2 atom stereocenters. The maximum absolute atomic E-state index is 6.73. The maximum Gasteiger partial charge on any atom is 0.130 e. The van der Waals surface area contributed by atoms with Gasteiger partial charge >= 0.3 is 0 Å². The predicted octanol–water partition coefficient (Wildman–Crippen LogP) is 8.44. The number of ether oxygens (including phenoxy) is 1. The second kappa shape index (κ2) is 11.4. The van der Waals surface area contributed by atoms with Gasteiger partial charge in [-0.3, -0.25) is 5.01 Å². The molecule has 5 nitrogen and oxygen atoms in total. The van der Waals surface area contributed by atoms with E-state index in [1.54, 1.807) is 6.20 Å². The lowest BCUT2D eigenvalue weighted by Gasteiger charge is -2.35. The first-order valence-electron chi connectivity index (χ1n) is 13.4. The molecule has 4 aromatic rings. The van der Waals surface area contributed by atoms with Crippen molar-refractivity contribution in [3.8, 4) is 28.1 Å². The van der Waals surface area contributed by atoms with Crippen molar-refractivity contribution in [1.29, 1.82) is 0 Å². The molecule has 1 unspecified atom stereocenters. The average Bonchev–Trinajstić information content (AvgIpc) is 2.97. The van der Waals surface area contributed by atoms with Gasteiger partial charge < -0.3 is 4.74 Å². The second-order valence-electron chi connectivity index (χ2n) is 10.4. The van der Waals surface area contributed by atoms with Crippen molar-refractivity contribution in [3.63, 3.8) is 0 Å². The van der Waals surface area contributed by atoms with E-state index in [1.165, 1.54) is 0 Å². The van der Waals surface area contributed by atoms with Gasteiger partial charge in [-0.25, -0.2) is 0 Å². The van der Waals surface area contributed by atoms with Crippen LogP contribution in [0.3, 0.4) is 0 Å². The summed E-state index contributed by atoms with van der Waals surface area (Å²) in [4.78, 5) is 0. The highest BCUT2D eigenvalue weighted by atomic mass is 35.5. The SMILES string of the molecule is CN1N=CC(c2ccccc2)=CC1C1=C[C@](C)(Oc2cc(Cl)cc(-c3cc(-c4ccccc4)cnn3)c2)CC(Cl)=C1. The monoisotopic (exact) mass is 578 g/mol. The van der Waals surface area contributed by atoms with E-state index in [4.69, 9.17) is 27.9 Å². The lowest BCUT2D eigenvalue weighted by molar-refractivity contribution is 0.139. The van der Waals surface area contributed by atoms with Crippen LogP contribution < -0.4 is 4.74 Å². The number of hydrazone groups is 1. The van der Waals surface area contributed by atoms with Crippen molar-refractivity contribution in [3.05, 3.63) is 131 Å². The third kappa shape index (κ3) is 6.12. The van der Waals surface area contributed by atoms with E-state index in [0.29, 0.717) is 27.9 Å². The fraction of sp³-hybridized carbons (Fsp3) is 0.147. The van der Waals surface area contributed by atoms with Gasteiger partial charge in [0.25, 0.3) is 0 Å². The van der Waals surface area contributed by atoms with Crippen molar-refractivity contribution >= 4 is 35.0 Å². The van der Waals surface area contributed by atoms with Crippen molar-refractivity contribution in [2.75, 3.05) is 7.05 Å². The zero-order chi connectivity index (χ0) is 28.4. The third-order valence-corrected chi connectivity index (χ3v) is 7.62. The normalized spacial score (nSPS) is 20.2. The van der Waals surface area contributed by atoms with Gasteiger partial charge in [0.05, 0.1) is 24.1 Å². The molecule has 0 bridgehead atoms. The van der Waals surface area contributed by atoms with Crippen LogP contribution in [-0.2, 0) is 0 Å². The number of aromatic nitrogens is 2. The smallest absolute Gasteiger partial charge is 0.130 e. The van der Waals surface area contributed by atoms with Gasteiger partial charge in [-0.1, -0.05) is 83.9 Å². The van der Waals surface area contributed by atoms with Crippen molar-refractivity contribution in [1.82, 2.24) is 15.2 Å². The molecule has 0 fully saturated rings. The highest BCUT2D eigenvalue weighted by Gasteiger charge is 2.32. The number of nitrogens with zero attached hydrogens (tertiary/aromatic N) is 4. The number of rotatable bonds is 6. The summed E-state index contributed by atoms with van der Waals surface area (Å²) in [7, 11) is 1.96. The van der Waals surface area contributed by atoms with E-state index < -0.39 is 5.60 Å². The molecule has 6 rings (SSSR count). The van der Waals surface area contributed by atoms with Gasteiger partial charge in [-0.2, -0.15) is 15.3 Å². The van der Waals surface area contributed by atoms with Crippen LogP contribution in [0.15, 0.2) is 125 Å². The zero-order valence-corrected chi connectivity index (χ0v) is 24.2. The molecule has 0 spiro atoms. The Morgan fingerprint density at radius 1 is 0.878 bits per heavy atom. The van der Waals surface area contributed by atoms with Crippen molar-refractivity contribution < 1.29 is 4.74 Å². The fourth-order valence-electron chi connectivity index (χ4n) is 5.24. The summed E-state index contributed by atoms with van der Waals surface area (Å²) in [6, 6.07) is 27.9. The Kier molecular flexibility index (Phi) is 7.48. The van der Waals surface area contributed by atoms with E-state index >= 15 is 0 Å². The van der Waals surface area contributed by atoms with E-state index in [-0.39, 0.29) is 6.04 Å². The molecule has 3 aromatic carbocycles. The highest BCUT2D eigenvalue weighted by Crippen LogP contribution is 2.38. The maximum atomic E-state index is 6.73. The molecule has 1 aliphatic heterocycles. The fourth-order valence-corrected chi connectivity index (χ4v) is 5.86. The molecule has 7 heteroatoms. The minimum atomic E-state index is -0.705. The van der Waals surface area contributed by atoms with Crippen LogP contribution in [0, 0.1) is 0 Å². The minimum absolute atomic E-state index is 0.0990. The molecule has 0 amide bonds. The van der Waals surface area contributed by atoms with Crippen LogP contribution >= 0.6 is 23.2 Å². The summed E-state index contributed by atoms with van der Waals surface area (Å²) in [6.07, 6.45) is 10.5. The first-order chi connectivity index (χ1) is 19.8. The molecule has 1 aliphatic carbocycles. The van der Waals surface area contributed by atoms with E-state index in [1.807, 2.05) is 104 Å². The molecule has 0 saturated heterocycles. The summed E-state index contributed by atoms with van der Waals surface area (Å²) < 4.78 is 6.63. The Morgan fingerprint density at radius 2 is 1.61 bits per heavy atom. The standard InChI is InChI=1S/C34H28Cl2N4O/c1-34(19-26(14-30(36)20-34)33-17-28(22-38-40(33)2)24-11-7-4-8-12-24)41-31-15-25(13-29(35)18-31)32-16-27(21-37-39-32)23-9-5-3-6-10-23/h3-19,21-22,33H,20H2,1-2H3/t33?,34-/m0/s1. The lowest BCUT2D eigenvalue weighted by Crippen LogP contribution is -2.37. The Bertz CT molecular complexity index is 1700. The van der Waals surface area contributed by atoms with Crippen LogP contribution in [0.5, 0.6) is 5.75 Å². The van der Waals surface area contributed by atoms with Gasteiger partial charge in [0.2, 0.25) is 0 Å². The van der Waals surface area contributed by atoms with Crippen molar-refractivity contribution in [2.24, 2.45) is 5.10 Å². The number of likely N-dealkylation sites (N-methyl/N-ethyl adjacent to an activating group) is 1. The Labute approximate surface area is 250 Å². The van der Waals surface area contributed by atoms with Crippen LogP contribution in [-0.4, -0.2) is 40.1 Å². The molecule has 2 aliphatic rings. The average molecular weight is 580 g/mol. The van der Waals surface area contributed by atoms with Gasteiger partial charge in [-0.15, -0.1) is 0 Å². The number of hydrogen-bond donors (Lipinski definition) is 0. The van der Waals surface area contributed by atoms with Crippen molar-refractivity contribution in [2.45, 2.75) is 25.0 Å². The van der Waals surface area contributed by atoms with Gasteiger partial charge in [0, 0.05) is 40.2 Å². The summed E-state index contributed by atoms with van der Waals surface area (Å²) in [5.41, 5.74) is 6.06. The zero-order valence-electron chi connectivity index (χ0n) is 22.7. The van der Waals surface area contributed by atoms with Gasteiger partial charge in [-0.05, 0) is 66.1 Å². The van der Waals surface area contributed by atoms with E-state index in [2.05, 4.69) is 39.6 Å². The quantitative estimate of drug-likeness (QED) is 0.230. The number of hydrogen-bond acceptors (Lipinski definition) is 5. The molecular formula is C34H28Cl2N4O. The molecule has 0 saturated carbocycles. The predicted molar refractivity (Wildman–Crippen MR) is 168 cm³/mol. The topological polar surface area (TPSA) is 50.6 Å². The molecule has 41 heavy (non-hydrogen) atoms. The van der Waals surface area contributed by atoms with Gasteiger partial charge in [0.1, 0.15) is 11.4 Å². The minimum Gasteiger partial charge on any atom is -0.483 e. The Morgan fingerprint density at radius 3 is 2.37 bits per heavy atom. The first-order valence-corrected chi connectivity index (χ1v) is 14.1. The second-order valence-corrected chi connectivity index (χ2v) is 11.4. The Hall–Kier alpha value is -4.19. The summed E-state index contributed by atoms with van der Waals surface area (Å²) in [5.74, 6) is 0.624. The molecular weight excluding hydrogens is 551 g/mol. The Balaban J connectivity index is 1.30. The summed E-state index contributed by atoms with van der Waals surface area (Å²) in [5, 5.41) is 16.5. The number of benzene rings is 3. The molecule has 0 N–H and O–H groups in total. The van der Waals surface area contributed by atoms with Crippen LogP contribution in [0.4, 0.5) is 0 Å². The number of allylic oxidation sites excluding steroid dienone is 1. The lowest BCUT2D eigenvalue weighted by atomic mass is 9.88. The largest absolute Gasteiger partial charge is 0.483 e. The van der Waals surface area contributed by atoms with Crippen LogP contribution in [0.1, 0.15) is 18.9 Å². The van der Waals surface area contributed by atoms with Gasteiger partial charge in [0.15, 0.2) is 0 Å². The molecule has 0 radical (unpaired) electrons. The van der Waals surface area contributed by atoms with Crippen LogP contribution in [0.25, 0.3) is 28.0 Å². The number of halogens is 2. The highest BCUT2D eigenvalue weighted by molar-refractivity contribution is 6.31. The van der Waals surface area contributed by atoms with E-state index in [0.717, 1.165) is 33.4 Å². The molecule has 204 valence electrons. The van der Waals surface area contributed by atoms with E-state index in [9.17, 15) is 0 Å². The molecule has 2 heterocycles. The first kappa shape index (κ1) is 27.0. The summed E-state index contributed by atoms with van der Waals surface area (Å²) in [6.45, 7) is 2.03. The molecule has 1 aromatic heterocycles. The third-order valence-electron chi connectivity index (χ3n) is 7.16.